The van der Waals surface area contributed by atoms with E-state index < -0.39 is 0 Å². The topological polar surface area (TPSA) is 68.5 Å². The zero-order valence-corrected chi connectivity index (χ0v) is 15.2. The second-order valence-electron chi connectivity index (χ2n) is 6.57. The van der Waals surface area contributed by atoms with Crippen LogP contribution in [0.15, 0.2) is 59.1 Å². The Morgan fingerprint density at radius 1 is 1.15 bits per heavy atom. The Kier molecular flexibility index (Phi) is 4.87. The van der Waals surface area contributed by atoms with Gasteiger partial charge >= 0.3 is 0 Å². The summed E-state index contributed by atoms with van der Waals surface area (Å²) in [5, 5.41) is 4.08. The summed E-state index contributed by atoms with van der Waals surface area (Å²) < 4.78 is 10.9. The molecule has 1 atom stereocenters. The van der Waals surface area contributed by atoms with E-state index in [1.165, 1.54) is 0 Å². The molecule has 0 spiro atoms. The zero-order chi connectivity index (χ0) is 18.6. The van der Waals surface area contributed by atoms with Gasteiger partial charge in [0.15, 0.2) is 0 Å². The van der Waals surface area contributed by atoms with E-state index in [1.54, 1.807) is 0 Å². The normalized spacial score (nSPS) is 16.7. The Morgan fingerprint density at radius 2 is 1.93 bits per heavy atom. The molecule has 0 N–H and O–H groups in total. The molecule has 1 fully saturated rings. The third kappa shape index (κ3) is 3.84. The second kappa shape index (κ2) is 7.61. The van der Waals surface area contributed by atoms with Gasteiger partial charge in [0.05, 0.1) is 12.5 Å². The lowest BCUT2D eigenvalue weighted by molar-refractivity contribution is -0.128. The molecule has 138 valence electrons. The number of ether oxygens (including phenoxy) is 1. The third-order valence-corrected chi connectivity index (χ3v) is 4.65. The van der Waals surface area contributed by atoms with E-state index in [4.69, 9.17) is 9.26 Å². The van der Waals surface area contributed by atoms with Crippen LogP contribution in [0.5, 0.6) is 5.75 Å². The van der Waals surface area contributed by atoms with Crippen LogP contribution >= 0.6 is 0 Å². The van der Waals surface area contributed by atoms with Gasteiger partial charge in [-0.2, -0.15) is 4.98 Å². The molecule has 0 saturated carbocycles. The van der Waals surface area contributed by atoms with Crippen LogP contribution in [-0.2, 0) is 11.3 Å². The highest BCUT2D eigenvalue weighted by Crippen LogP contribution is 2.30. The van der Waals surface area contributed by atoms with Crippen LogP contribution in [-0.4, -0.2) is 34.1 Å². The van der Waals surface area contributed by atoms with Crippen molar-refractivity contribution in [3.63, 3.8) is 0 Å². The SMILES string of the molecule is CCOc1ccc(-c2noc(C3CC(=O)N(Cc4ccccc4)C3)n2)cc1. The minimum absolute atomic E-state index is 0.0647. The van der Waals surface area contributed by atoms with Gasteiger partial charge in [0, 0.05) is 25.1 Å². The van der Waals surface area contributed by atoms with E-state index in [-0.39, 0.29) is 11.8 Å². The van der Waals surface area contributed by atoms with Crippen LogP contribution in [0.1, 0.15) is 30.7 Å². The minimum Gasteiger partial charge on any atom is -0.494 e. The van der Waals surface area contributed by atoms with Gasteiger partial charge in [-0.3, -0.25) is 4.79 Å². The quantitative estimate of drug-likeness (QED) is 0.669. The summed E-state index contributed by atoms with van der Waals surface area (Å²) in [5.41, 5.74) is 1.98. The van der Waals surface area contributed by atoms with Crippen LogP contribution in [0.25, 0.3) is 11.4 Å². The summed E-state index contributed by atoms with van der Waals surface area (Å²) in [5.74, 6) is 1.91. The van der Waals surface area contributed by atoms with Crippen molar-refractivity contribution >= 4 is 5.91 Å². The average molecular weight is 363 g/mol. The Labute approximate surface area is 157 Å². The monoisotopic (exact) mass is 363 g/mol. The van der Waals surface area contributed by atoms with E-state index in [0.717, 1.165) is 16.9 Å². The molecule has 1 unspecified atom stereocenters. The third-order valence-electron chi connectivity index (χ3n) is 4.65. The number of likely N-dealkylation sites (tertiary alicyclic amines) is 1. The van der Waals surface area contributed by atoms with Gasteiger partial charge < -0.3 is 14.2 Å². The van der Waals surface area contributed by atoms with Crippen molar-refractivity contribution in [2.24, 2.45) is 0 Å². The first kappa shape index (κ1) is 17.3. The summed E-state index contributed by atoms with van der Waals surface area (Å²) in [4.78, 5) is 18.7. The summed E-state index contributed by atoms with van der Waals surface area (Å²) in [7, 11) is 0. The van der Waals surface area contributed by atoms with Gasteiger partial charge in [-0.05, 0) is 36.8 Å². The van der Waals surface area contributed by atoms with Gasteiger partial charge in [-0.1, -0.05) is 35.5 Å². The predicted molar refractivity (Wildman–Crippen MR) is 100 cm³/mol. The van der Waals surface area contributed by atoms with Crippen LogP contribution in [0.2, 0.25) is 0 Å². The second-order valence-corrected chi connectivity index (χ2v) is 6.57. The molecule has 6 heteroatoms. The molecule has 1 aliphatic heterocycles. The van der Waals surface area contributed by atoms with Gasteiger partial charge in [0.25, 0.3) is 0 Å². The number of hydrogen-bond acceptors (Lipinski definition) is 5. The summed E-state index contributed by atoms with van der Waals surface area (Å²) in [6, 6.07) is 17.6. The van der Waals surface area contributed by atoms with Gasteiger partial charge in [0.1, 0.15) is 5.75 Å². The molecule has 1 amide bonds. The summed E-state index contributed by atoms with van der Waals surface area (Å²) in [6.45, 7) is 3.78. The summed E-state index contributed by atoms with van der Waals surface area (Å²) in [6.07, 6.45) is 0.401. The highest BCUT2D eigenvalue weighted by atomic mass is 16.5. The molecule has 27 heavy (non-hydrogen) atoms. The number of hydrogen-bond donors (Lipinski definition) is 0. The fourth-order valence-corrected chi connectivity index (χ4v) is 3.28. The van der Waals surface area contributed by atoms with Gasteiger partial charge in [-0.25, -0.2) is 0 Å². The lowest BCUT2D eigenvalue weighted by Crippen LogP contribution is -2.24. The molecule has 1 saturated heterocycles. The predicted octanol–water partition coefficient (Wildman–Crippen LogP) is 3.65. The lowest BCUT2D eigenvalue weighted by atomic mass is 10.1. The largest absolute Gasteiger partial charge is 0.494 e. The highest BCUT2D eigenvalue weighted by Gasteiger charge is 2.34. The van der Waals surface area contributed by atoms with Crippen LogP contribution in [0, 0.1) is 0 Å². The van der Waals surface area contributed by atoms with Crippen molar-refractivity contribution < 1.29 is 14.1 Å². The number of aromatic nitrogens is 2. The van der Waals surface area contributed by atoms with Crippen molar-refractivity contribution in [1.82, 2.24) is 15.0 Å². The zero-order valence-electron chi connectivity index (χ0n) is 15.2. The Hall–Kier alpha value is -3.15. The Morgan fingerprint density at radius 3 is 2.67 bits per heavy atom. The molecule has 0 aliphatic carbocycles. The molecule has 2 heterocycles. The number of carbonyl (C=O) groups excluding carboxylic acids is 1. The Balaban J connectivity index is 1.44. The van der Waals surface area contributed by atoms with Crippen molar-refractivity contribution in [2.45, 2.75) is 25.8 Å². The fraction of sp³-hybridized carbons (Fsp3) is 0.286. The van der Waals surface area contributed by atoms with Gasteiger partial charge in [0.2, 0.25) is 17.6 Å². The molecule has 0 bridgehead atoms. The van der Waals surface area contributed by atoms with Crippen molar-refractivity contribution in [2.75, 3.05) is 13.2 Å². The molecule has 1 aromatic heterocycles. The molecular formula is C21H21N3O3. The van der Waals surface area contributed by atoms with Gasteiger partial charge in [-0.15, -0.1) is 0 Å². The van der Waals surface area contributed by atoms with Crippen molar-refractivity contribution in [1.29, 1.82) is 0 Å². The number of amides is 1. The van der Waals surface area contributed by atoms with E-state index >= 15 is 0 Å². The number of benzene rings is 2. The van der Waals surface area contributed by atoms with Crippen molar-refractivity contribution in [3.8, 4) is 17.1 Å². The van der Waals surface area contributed by atoms with E-state index in [1.807, 2.05) is 66.4 Å². The Bertz CT molecular complexity index is 906. The molecule has 2 aromatic carbocycles. The smallest absolute Gasteiger partial charge is 0.232 e. The van der Waals surface area contributed by atoms with Crippen LogP contribution in [0.3, 0.4) is 0 Å². The molecule has 6 nitrogen and oxygen atoms in total. The maximum absolute atomic E-state index is 12.4. The minimum atomic E-state index is -0.0647. The fourth-order valence-electron chi connectivity index (χ4n) is 3.28. The van der Waals surface area contributed by atoms with E-state index in [0.29, 0.717) is 37.8 Å². The number of rotatable bonds is 6. The first-order chi connectivity index (χ1) is 13.2. The highest BCUT2D eigenvalue weighted by molar-refractivity contribution is 5.79. The van der Waals surface area contributed by atoms with E-state index in [2.05, 4.69) is 10.1 Å². The number of nitrogens with zero attached hydrogens (tertiary/aromatic N) is 3. The first-order valence-electron chi connectivity index (χ1n) is 9.11. The van der Waals surface area contributed by atoms with Crippen molar-refractivity contribution in [3.05, 3.63) is 66.1 Å². The van der Waals surface area contributed by atoms with Crippen LogP contribution < -0.4 is 4.74 Å². The standard InChI is InChI=1S/C21H21N3O3/c1-2-26-18-10-8-16(9-11-18)20-22-21(27-23-20)17-12-19(25)24(14-17)13-15-6-4-3-5-7-15/h3-11,17H,2,12-14H2,1H3. The lowest BCUT2D eigenvalue weighted by Gasteiger charge is -2.15. The molecule has 1 aliphatic rings. The molecule has 0 radical (unpaired) electrons. The first-order valence-corrected chi connectivity index (χ1v) is 9.11. The molecule has 3 aromatic rings. The summed E-state index contributed by atoms with van der Waals surface area (Å²) >= 11 is 0. The van der Waals surface area contributed by atoms with Crippen LogP contribution in [0.4, 0.5) is 0 Å². The maximum atomic E-state index is 12.4. The number of carbonyl (C=O) groups is 1. The average Bonchev–Trinajstić information content (AvgIpc) is 3.31. The maximum Gasteiger partial charge on any atom is 0.232 e. The molecular weight excluding hydrogens is 342 g/mol. The molecule has 4 rings (SSSR count). The van der Waals surface area contributed by atoms with E-state index in [9.17, 15) is 4.79 Å².